The van der Waals surface area contributed by atoms with Crippen molar-refractivity contribution in [2.45, 2.75) is 12.8 Å². The van der Waals surface area contributed by atoms with Gasteiger partial charge < -0.3 is 0 Å². The van der Waals surface area contributed by atoms with Crippen molar-refractivity contribution in [2.75, 3.05) is 0 Å². The molecule has 0 aliphatic heterocycles. The lowest BCUT2D eigenvalue weighted by Gasteiger charge is -2.00. The molecule has 1 aromatic carbocycles. The van der Waals surface area contributed by atoms with Crippen LogP contribution >= 0.6 is 11.6 Å². The Morgan fingerprint density at radius 1 is 1.57 bits per heavy atom. The molecule has 0 aliphatic rings. The third kappa shape index (κ3) is 2.58. The second-order valence-electron chi connectivity index (χ2n) is 2.75. The van der Waals surface area contributed by atoms with E-state index >= 15 is 0 Å². The third-order valence-electron chi connectivity index (χ3n) is 1.73. The Morgan fingerprint density at radius 2 is 2.29 bits per heavy atom. The van der Waals surface area contributed by atoms with E-state index in [2.05, 4.69) is 5.92 Å². The lowest BCUT2D eigenvalue weighted by molar-refractivity contribution is 0.0980. The number of hydrogen-bond acceptors (Lipinski definition) is 1. The summed E-state index contributed by atoms with van der Waals surface area (Å²) in [6, 6.07) is 3.88. The first kappa shape index (κ1) is 10.7. The normalized spacial score (nSPS) is 9.50. The molecule has 0 radical (unpaired) electrons. The van der Waals surface area contributed by atoms with Crippen LogP contribution in [0.2, 0.25) is 5.02 Å². The van der Waals surface area contributed by atoms with Crippen molar-refractivity contribution in [3.63, 3.8) is 0 Å². The minimum absolute atomic E-state index is 0.00718. The van der Waals surface area contributed by atoms with Gasteiger partial charge in [-0.25, -0.2) is 4.39 Å². The highest BCUT2D eigenvalue weighted by Crippen LogP contribution is 2.16. The topological polar surface area (TPSA) is 17.1 Å². The predicted molar refractivity (Wildman–Crippen MR) is 53.8 cm³/mol. The quantitative estimate of drug-likeness (QED) is 0.554. The van der Waals surface area contributed by atoms with Crippen LogP contribution in [0, 0.1) is 18.2 Å². The zero-order valence-electron chi connectivity index (χ0n) is 7.39. The summed E-state index contributed by atoms with van der Waals surface area (Å²) in [7, 11) is 0. The average molecular weight is 211 g/mol. The van der Waals surface area contributed by atoms with Crippen molar-refractivity contribution >= 4 is 17.4 Å². The molecule has 1 nitrogen and oxygen atoms in total. The Labute approximate surface area is 86.9 Å². The Kier molecular flexibility index (Phi) is 3.67. The van der Waals surface area contributed by atoms with E-state index in [0.717, 1.165) is 0 Å². The first-order chi connectivity index (χ1) is 6.65. The van der Waals surface area contributed by atoms with E-state index in [-0.39, 0.29) is 17.8 Å². The van der Waals surface area contributed by atoms with Gasteiger partial charge in [-0.15, -0.1) is 12.3 Å². The van der Waals surface area contributed by atoms with Gasteiger partial charge in [-0.1, -0.05) is 11.6 Å². The van der Waals surface area contributed by atoms with Gasteiger partial charge in [0.15, 0.2) is 5.78 Å². The highest BCUT2D eigenvalue weighted by atomic mass is 35.5. The van der Waals surface area contributed by atoms with Gasteiger partial charge in [0, 0.05) is 17.9 Å². The predicted octanol–water partition coefficient (Wildman–Crippen LogP) is 3.08. The van der Waals surface area contributed by atoms with E-state index < -0.39 is 5.82 Å². The molecule has 0 heterocycles. The summed E-state index contributed by atoms with van der Waals surface area (Å²) in [4.78, 5) is 11.4. The monoisotopic (exact) mass is 210 g/mol. The zero-order chi connectivity index (χ0) is 10.6. The van der Waals surface area contributed by atoms with E-state index in [4.69, 9.17) is 18.0 Å². The van der Waals surface area contributed by atoms with Gasteiger partial charge in [0.2, 0.25) is 0 Å². The number of ketones is 1. The molecule has 0 aliphatic carbocycles. The molecule has 0 saturated heterocycles. The number of carbonyl (C=O) groups is 1. The molecule has 0 unspecified atom stereocenters. The molecule has 3 heteroatoms. The molecule has 0 bridgehead atoms. The molecule has 0 amide bonds. The van der Waals surface area contributed by atoms with E-state index in [1.54, 1.807) is 0 Å². The molecule has 0 atom stereocenters. The van der Waals surface area contributed by atoms with E-state index in [1.165, 1.54) is 18.2 Å². The molecule has 0 saturated carbocycles. The molecular formula is C11H8ClFO. The van der Waals surface area contributed by atoms with Crippen molar-refractivity contribution in [1.82, 2.24) is 0 Å². The second kappa shape index (κ2) is 4.78. The van der Waals surface area contributed by atoms with Gasteiger partial charge in [-0.05, 0) is 18.2 Å². The van der Waals surface area contributed by atoms with Gasteiger partial charge in [0.05, 0.1) is 5.56 Å². The number of Topliss-reactive ketones (excluding diaryl/α,β-unsaturated/α-hetero) is 1. The van der Waals surface area contributed by atoms with Crippen molar-refractivity contribution in [1.29, 1.82) is 0 Å². The summed E-state index contributed by atoms with van der Waals surface area (Å²) in [6.45, 7) is 0. The van der Waals surface area contributed by atoms with Crippen LogP contribution in [0.5, 0.6) is 0 Å². The number of halogens is 2. The maximum absolute atomic E-state index is 13.1. The Morgan fingerprint density at radius 3 is 2.93 bits per heavy atom. The van der Waals surface area contributed by atoms with Crippen LogP contribution in [-0.4, -0.2) is 5.78 Å². The van der Waals surface area contributed by atoms with Gasteiger partial charge >= 0.3 is 0 Å². The molecule has 14 heavy (non-hydrogen) atoms. The van der Waals surface area contributed by atoms with Gasteiger partial charge in [-0.2, -0.15) is 0 Å². The standard InChI is InChI=1S/C11H8ClFO/c1-2-3-4-11(14)9-7-8(12)5-6-10(9)13/h1,5-7H,3-4H2. The van der Waals surface area contributed by atoms with Crippen molar-refractivity contribution < 1.29 is 9.18 Å². The third-order valence-corrected chi connectivity index (χ3v) is 1.96. The van der Waals surface area contributed by atoms with Crippen LogP contribution in [0.15, 0.2) is 18.2 Å². The zero-order valence-corrected chi connectivity index (χ0v) is 8.14. The van der Waals surface area contributed by atoms with Crippen LogP contribution in [0.4, 0.5) is 4.39 Å². The first-order valence-electron chi connectivity index (χ1n) is 4.07. The molecule has 72 valence electrons. The highest BCUT2D eigenvalue weighted by Gasteiger charge is 2.11. The fourth-order valence-electron chi connectivity index (χ4n) is 1.03. The number of rotatable bonds is 3. The fraction of sp³-hybridized carbons (Fsp3) is 0.182. The molecule has 0 N–H and O–H groups in total. The average Bonchev–Trinajstić information content (AvgIpc) is 2.18. The van der Waals surface area contributed by atoms with Crippen LogP contribution in [0.1, 0.15) is 23.2 Å². The summed E-state index contributed by atoms with van der Waals surface area (Å²) in [5.41, 5.74) is 0.00718. The Hall–Kier alpha value is -1.33. The van der Waals surface area contributed by atoms with Crippen LogP contribution in [0.25, 0.3) is 0 Å². The minimum Gasteiger partial charge on any atom is -0.294 e. The largest absolute Gasteiger partial charge is 0.294 e. The second-order valence-corrected chi connectivity index (χ2v) is 3.19. The molecule has 0 fully saturated rings. The molecule has 1 rings (SSSR count). The summed E-state index contributed by atoms with van der Waals surface area (Å²) >= 11 is 5.64. The number of benzene rings is 1. The fourth-order valence-corrected chi connectivity index (χ4v) is 1.20. The highest BCUT2D eigenvalue weighted by molar-refractivity contribution is 6.31. The van der Waals surface area contributed by atoms with Crippen molar-refractivity contribution in [3.05, 3.63) is 34.6 Å². The molecule has 1 aromatic rings. The van der Waals surface area contributed by atoms with Gasteiger partial charge in [0.1, 0.15) is 5.82 Å². The van der Waals surface area contributed by atoms with Crippen LogP contribution in [0.3, 0.4) is 0 Å². The number of hydrogen-bond donors (Lipinski definition) is 0. The summed E-state index contributed by atoms with van der Waals surface area (Å²) in [6.07, 6.45) is 5.46. The van der Waals surface area contributed by atoms with Crippen molar-refractivity contribution in [2.24, 2.45) is 0 Å². The summed E-state index contributed by atoms with van der Waals surface area (Å²) < 4.78 is 13.1. The summed E-state index contributed by atoms with van der Waals surface area (Å²) in [5.74, 6) is 1.45. The number of terminal acetylenes is 1. The summed E-state index contributed by atoms with van der Waals surface area (Å²) in [5, 5.41) is 0.343. The van der Waals surface area contributed by atoms with Crippen molar-refractivity contribution in [3.8, 4) is 12.3 Å². The van der Waals surface area contributed by atoms with Crippen LogP contribution < -0.4 is 0 Å². The minimum atomic E-state index is -0.559. The maximum atomic E-state index is 13.1. The smallest absolute Gasteiger partial charge is 0.166 e. The van der Waals surface area contributed by atoms with E-state index in [0.29, 0.717) is 11.4 Å². The molecule has 0 aromatic heterocycles. The van der Waals surface area contributed by atoms with E-state index in [9.17, 15) is 9.18 Å². The number of carbonyl (C=O) groups excluding carboxylic acids is 1. The Bertz CT molecular complexity index is 393. The van der Waals surface area contributed by atoms with Gasteiger partial charge in [0.25, 0.3) is 0 Å². The maximum Gasteiger partial charge on any atom is 0.166 e. The SMILES string of the molecule is C#CCCC(=O)c1cc(Cl)ccc1F. The first-order valence-corrected chi connectivity index (χ1v) is 4.44. The lowest BCUT2D eigenvalue weighted by atomic mass is 10.1. The molecule has 0 spiro atoms. The van der Waals surface area contributed by atoms with Crippen LogP contribution in [-0.2, 0) is 0 Å². The molecular weight excluding hydrogens is 203 g/mol. The lowest BCUT2D eigenvalue weighted by Crippen LogP contribution is -2.01. The van der Waals surface area contributed by atoms with E-state index in [1.807, 2.05) is 0 Å². The Balaban J connectivity index is 2.90. The van der Waals surface area contributed by atoms with Gasteiger partial charge in [-0.3, -0.25) is 4.79 Å².